The van der Waals surface area contributed by atoms with E-state index in [4.69, 9.17) is 0 Å². The molecule has 0 aromatic carbocycles. The standard InChI is InChI=1S/C8H14N/c1-3-5-6-8-9-7-4-2/h9H,1,3-4,7-8H2,2H3. The van der Waals surface area contributed by atoms with Crippen molar-refractivity contribution in [2.24, 2.45) is 0 Å². The summed E-state index contributed by atoms with van der Waals surface area (Å²) in [6, 6.07) is 0. The van der Waals surface area contributed by atoms with Crippen molar-refractivity contribution < 1.29 is 0 Å². The van der Waals surface area contributed by atoms with E-state index >= 15 is 0 Å². The smallest absolute Gasteiger partial charge is 0.0576 e. The van der Waals surface area contributed by atoms with Gasteiger partial charge >= 0.3 is 0 Å². The molecule has 0 fully saturated rings. The Bertz CT molecular complexity index is 96.9. The molecule has 1 N–H and O–H groups in total. The van der Waals surface area contributed by atoms with Gasteiger partial charge in [-0.3, -0.25) is 0 Å². The van der Waals surface area contributed by atoms with Gasteiger partial charge in [-0.2, -0.15) is 0 Å². The molecule has 1 nitrogen and oxygen atoms in total. The van der Waals surface area contributed by atoms with Crippen LogP contribution in [0.2, 0.25) is 0 Å². The zero-order valence-corrected chi connectivity index (χ0v) is 6.04. The topological polar surface area (TPSA) is 12.0 Å². The van der Waals surface area contributed by atoms with E-state index in [2.05, 4.69) is 31.0 Å². The highest BCUT2D eigenvalue weighted by Crippen LogP contribution is 1.68. The summed E-state index contributed by atoms with van der Waals surface area (Å²) in [7, 11) is 0. The maximum atomic E-state index is 3.60. The molecule has 0 aliphatic carbocycles. The molecule has 0 spiro atoms. The first-order valence-electron chi connectivity index (χ1n) is 3.37. The molecular weight excluding hydrogens is 110 g/mol. The first-order valence-corrected chi connectivity index (χ1v) is 3.37. The molecule has 0 amide bonds. The van der Waals surface area contributed by atoms with Gasteiger partial charge in [-0.1, -0.05) is 12.8 Å². The lowest BCUT2D eigenvalue weighted by Crippen LogP contribution is -2.14. The highest BCUT2D eigenvalue weighted by atomic mass is 14.8. The quantitative estimate of drug-likeness (QED) is 0.440. The van der Waals surface area contributed by atoms with Crippen LogP contribution >= 0.6 is 0 Å². The average Bonchev–Trinajstić information content (AvgIpc) is 1.89. The van der Waals surface area contributed by atoms with E-state index < -0.39 is 0 Å². The predicted octanol–water partition coefficient (Wildman–Crippen LogP) is 1.21. The lowest BCUT2D eigenvalue weighted by Gasteiger charge is -1.92. The summed E-state index contributed by atoms with van der Waals surface area (Å²) in [5.41, 5.74) is 0. The molecule has 0 aromatic rings. The minimum absolute atomic E-state index is 0.716. The van der Waals surface area contributed by atoms with Crippen molar-refractivity contribution >= 4 is 0 Å². The Morgan fingerprint density at radius 1 is 1.44 bits per heavy atom. The van der Waals surface area contributed by atoms with E-state index in [9.17, 15) is 0 Å². The molecule has 0 saturated carbocycles. The van der Waals surface area contributed by atoms with Gasteiger partial charge in [0.15, 0.2) is 0 Å². The van der Waals surface area contributed by atoms with Crippen LogP contribution in [0.3, 0.4) is 0 Å². The van der Waals surface area contributed by atoms with Crippen LogP contribution in [0.4, 0.5) is 0 Å². The Hall–Kier alpha value is -0.480. The first-order chi connectivity index (χ1) is 4.41. The summed E-state index contributed by atoms with van der Waals surface area (Å²) in [6.07, 6.45) is 1.89. The summed E-state index contributed by atoms with van der Waals surface area (Å²) in [5.74, 6) is 5.83. The van der Waals surface area contributed by atoms with Crippen molar-refractivity contribution in [2.45, 2.75) is 19.8 Å². The third-order valence-corrected chi connectivity index (χ3v) is 0.890. The van der Waals surface area contributed by atoms with Crippen LogP contribution < -0.4 is 5.32 Å². The molecule has 0 bridgehead atoms. The molecule has 1 radical (unpaired) electrons. The van der Waals surface area contributed by atoms with E-state index in [1.54, 1.807) is 0 Å². The van der Waals surface area contributed by atoms with Gasteiger partial charge in [0, 0.05) is 6.42 Å². The lowest BCUT2D eigenvalue weighted by molar-refractivity contribution is 0.737. The maximum Gasteiger partial charge on any atom is 0.0576 e. The summed E-state index contributed by atoms with van der Waals surface area (Å²) < 4.78 is 0. The fourth-order valence-corrected chi connectivity index (χ4v) is 0.479. The van der Waals surface area contributed by atoms with Gasteiger partial charge in [0.2, 0.25) is 0 Å². The molecule has 9 heavy (non-hydrogen) atoms. The molecule has 0 aliphatic heterocycles. The average molecular weight is 124 g/mol. The summed E-state index contributed by atoms with van der Waals surface area (Å²) in [4.78, 5) is 0. The van der Waals surface area contributed by atoms with Crippen LogP contribution in [0.1, 0.15) is 19.8 Å². The number of rotatable bonds is 3. The van der Waals surface area contributed by atoms with Crippen molar-refractivity contribution in [3.8, 4) is 11.8 Å². The molecule has 0 aliphatic rings. The SMILES string of the molecule is [CH2]CC#CCNCCC. The van der Waals surface area contributed by atoms with Crippen LogP contribution in [-0.4, -0.2) is 13.1 Å². The fraction of sp³-hybridized carbons (Fsp3) is 0.625. The second-order valence-corrected chi connectivity index (χ2v) is 1.78. The molecule has 0 rings (SSSR count). The van der Waals surface area contributed by atoms with Crippen molar-refractivity contribution in [2.75, 3.05) is 13.1 Å². The number of nitrogens with one attached hydrogen (secondary N) is 1. The third kappa shape index (κ3) is 7.52. The summed E-state index contributed by atoms with van der Waals surface area (Å²) in [6.45, 7) is 7.61. The van der Waals surface area contributed by atoms with Gasteiger partial charge in [-0.05, 0) is 19.9 Å². The Balaban J connectivity index is 2.90. The normalized spacial score (nSPS) is 8.22. The van der Waals surface area contributed by atoms with E-state index in [1.165, 1.54) is 6.42 Å². The van der Waals surface area contributed by atoms with Crippen LogP contribution in [0.5, 0.6) is 0 Å². The third-order valence-electron chi connectivity index (χ3n) is 0.890. The van der Waals surface area contributed by atoms with Crippen molar-refractivity contribution in [1.82, 2.24) is 5.32 Å². The zero-order chi connectivity index (χ0) is 6.95. The minimum atomic E-state index is 0.716. The highest BCUT2D eigenvalue weighted by Gasteiger charge is 1.75. The van der Waals surface area contributed by atoms with Crippen molar-refractivity contribution in [3.05, 3.63) is 6.92 Å². The monoisotopic (exact) mass is 124 g/mol. The molecule has 51 valence electrons. The van der Waals surface area contributed by atoms with E-state index in [1.807, 2.05) is 0 Å². The van der Waals surface area contributed by atoms with E-state index in [0.717, 1.165) is 13.1 Å². The zero-order valence-electron chi connectivity index (χ0n) is 6.04. The van der Waals surface area contributed by atoms with Crippen LogP contribution in [0.25, 0.3) is 0 Å². The van der Waals surface area contributed by atoms with Crippen LogP contribution in [0, 0.1) is 18.8 Å². The number of hydrogen-bond donors (Lipinski definition) is 1. The minimum Gasteiger partial charge on any atom is -0.306 e. The van der Waals surface area contributed by atoms with Gasteiger partial charge < -0.3 is 5.32 Å². The van der Waals surface area contributed by atoms with Crippen LogP contribution in [0.15, 0.2) is 0 Å². The van der Waals surface area contributed by atoms with Gasteiger partial charge in [0.25, 0.3) is 0 Å². The highest BCUT2D eigenvalue weighted by molar-refractivity contribution is 5.00. The Morgan fingerprint density at radius 2 is 2.22 bits per heavy atom. The van der Waals surface area contributed by atoms with Gasteiger partial charge in [-0.25, -0.2) is 0 Å². The van der Waals surface area contributed by atoms with Crippen molar-refractivity contribution in [1.29, 1.82) is 0 Å². The van der Waals surface area contributed by atoms with Gasteiger partial charge in [-0.15, -0.1) is 5.92 Å². The summed E-state index contributed by atoms with van der Waals surface area (Å²) in [5, 5.41) is 3.17. The first kappa shape index (κ1) is 8.52. The van der Waals surface area contributed by atoms with Crippen molar-refractivity contribution in [3.63, 3.8) is 0 Å². The number of hydrogen-bond acceptors (Lipinski definition) is 1. The predicted molar refractivity (Wildman–Crippen MR) is 40.9 cm³/mol. The second kappa shape index (κ2) is 7.52. The second-order valence-electron chi connectivity index (χ2n) is 1.78. The largest absolute Gasteiger partial charge is 0.306 e. The molecule has 0 heterocycles. The van der Waals surface area contributed by atoms with E-state index in [-0.39, 0.29) is 0 Å². The Kier molecular flexibility index (Phi) is 7.12. The summed E-state index contributed by atoms with van der Waals surface area (Å²) >= 11 is 0. The molecule has 0 unspecified atom stereocenters. The van der Waals surface area contributed by atoms with E-state index in [0.29, 0.717) is 6.42 Å². The lowest BCUT2D eigenvalue weighted by atomic mass is 10.4. The molecule has 0 atom stereocenters. The Labute approximate surface area is 57.8 Å². The molecule has 1 heteroatoms. The molecular formula is C8H14N. The Morgan fingerprint density at radius 3 is 2.78 bits per heavy atom. The molecule has 0 aromatic heterocycles. The van der Waals surface area contributed by atoms with Gasteiger partial charge in [0.1, 0.15) is 0 Å². The fourth-order valence-electron chi connectivity index (χ4n) is 0.479. The van der Waals surface area contributed by atoms with Gasteiger partial charge in [0.05, 0.1) is 6.54 Å². The molecule has 0 saturated heterocycles. The van der Waals surface area contributed by atoms with Crippen LogP contribution in [-0.2, 0) is 0 Å². The maximum absolute atomic E-state index is 3.60.